The van der Waals surface area contributed by atoms with Crippen LogP contribution in [0.4, 0.5) is 0 Å². The zero-order valence-corrected chi connectivity index (χ0v) is 11.4. The summed E-state index contributed by atoms with van der Waals surface area (Å²) in [6.45, 7) is 2.63. The molecule has 104 valence electrons. The normalized spacial score (nSPS) is 45.3. The lowest BCUT2D eigenvalue weighted by molar-refractivity contribution is -0.0784. The van der Waals surface area contributed by atoms with Crippen LogP contribution in [0, 0.1) is 0 Å². The lowest BCUT2D eigenvalue weighted by Gasteiger charge is -2.50. The highest BCUT2D eigenvalue weighted by atomic mass is 16.5. The van der Waals surface area contributed by atoms with Gasteiger partial charge in [-0.1, -0.05) is 6.42 Å². The van der Waals surface area contributed by atoms with E-state index in [1.807, 2.05) is 7.11 Å². The first-order chi connectivity index (χ1) is 8.72. The van der Waals surface area contributed by atoms with Crippen molar-refractivity contribution in [2.75, 3.05) is 26.9 Å². The smallest absolute Gasteiger partial charge is 0.106 e. The molecule has 0 spiro atoms. The summed E-state index contributed by atoms with van der Waals surface area (Å²) in [6.07, 6.45) is 7.35. The summed E-state index contributed by atoms with van der Waals surface area (Å²) in [5, 5.41) is 0. The Morgan fingerprint density at radius 3 is 2.61 bits per heavy atom. The van der Waals surface area contributed by atoms with Crippen LogP contribution in [0.5, 0.6) is 0 Å². The largest absolute Gasteiger partial charge is 0.378 e. The molecule has 0 saturated carbocycles. The lowest BCUT2D eigenvalue weighted by Crippen LogP contribution is -2.59. The Morgan fingerprint density at radius 2 is 2.06 bits per heavy atom. The van der Waals surface area contributed by atoms with Gasteiger partial charge >= 0.3 is 0 Å². The quantitative estimate of drug-likeness (QED) is 0.820. The van der Waals surface area contributed by atoms with Gasteiger partial charge in [-0.25, -0.2) is 0 Å². The Balaban J connectivity index is 1.71. The molecule has 2 N–H and O–H groups in total. The maximum absolute atomic E-state index is 6.18. The van der Waals surface area contributed by atoms with Crippen molar-refractivity contribution in [1.82, 2.24) is 4.90 Å². The van der Waals surface area contributed by atoms with Gasteiger partial charge in [-0.3, -0.25) is 4.90 Å². The van der Waals surface area contributed by atoms with Crippen molar-refractivity contribution in [1.29, 1.82) is 0 Å². The monoisotopic (exact) mass is 254 g/mol. The predicted octanol–water partition coefficient (Wildman–Crippen LogP) is 1.14. The molecule has 3 rings (SSSR count). The molecule has 3 atom stereocenters. The van der Waals surface area contributed by atoms with Crippen molar-refractivity contribution in [3.63, 3.8) is 0 Å². The third-order valence-electron chi connectivity index (χ3n) is 5.13. The van der Waals surface area contributed by atoms with E-state index in [4.69, 9.17) is 15.2 Å². The number of hydrogen-bond donors (Lipinski definition) is 1. The number of ether oxygens (including phenoxy) is 2. The van der Waals surface area contributed by atoms with Crippen molar-refractivity contribution >= 4 is 0 Å². The van der Waals surface area contributed by atoms with Crippen LogP contribution in [-0.4, -0.2) is 55.5 Å². The maximum Gasteiger partial charge on any atom is 0.106 e. The zero-order valence-electron chi connectivity index (χ0n) is 11.4. The lowest BCUT2D eigenvalue weighted by atomic mass is 9.81. The number of nitrogens with two attached hydrogens (primary N) is 1. The van der Waals surface area contributed by atoms with Gasteiger partial charge < -0.3 is 15.2 Å². The van der Waals surface area contributed by atoms with Gasteiger partial charge in [0, 0.05) is 44.8 Å². The highest BCUT2D eigenvalue weighted by molar-refractivity contribution is 4.98. The highest BCUT2D eigenvalue weighted by Crippen LogP contribution is 2.36. The molecule has 3 aliphatic rings. The van der Waals surface area contributed by atoms with Crippen LogP contribution >= 0.6 is 0 Å². The number of piperidine rings is 2. The van der Waals surface area contributed by atoms with Gasteiger partial charge in [-0.15, -0.1) is 0 Å². The summed E-state index contributed by atoms with van der Waals surface area (Å²) >= 11 is 0. The van der Waals surface area contributed by atoms with E-state index in [2.05, 4.69) is 4.90 Å². The number of nitrogens with zero attached hydrogens (tertiary/aromatic N) is 1. The fourth-order valence-corrected chi connectivity index (χ4v) is 4.05. The van der Waals surface area contributed by atoms with E-state index in [0.29, 0.717) is 18.1 Å². The van der Waals surface area contributed by atoms with Crippen molar-refractivity contribution in [3.8, 4) is 0 Å². The Kier molecular flexibility index (Phi) is 3.63. The topological polar surface area (TPSA) is 47.7 Å². The Bertz CT molecular complexity index is 278. The summed E-state index contributed by atoms with van der Waals surface area (Å²) in [6, 6.07) is 1.77. The van der Waals surface area contributed by atoms with Gasteiger partial charge in [0.15, 0.2) is 0 Å². The second-order valence-corrected chi connectivity index (χ2v) is 6.33. The van der Waals surface area contributed by atoms with E-state index >= 15 is 0 Å². The molecule has 0 aromatic rings. The van der Waals surface area contributed by atoms with E-state index in [-0.39, 0.29) is 5.60 Å². The van der Waals surface area contributed by atoms with Crippen LogP contribution in [0.25, 0.3) is 0 Å². The van der Waals surface area contributed by atoms with E-state index in [1.165, 1.54) is 19.3 Å². The number of methoxy groups -OCH3 is 1. The molecule has 0 amide bonds. The van der Waals surface area contributed by atoms with Crippen LogP contribution in [0.1, 0.15) is 38.5 Å². The molecule has 3 heterocycles. The molecule has 0 aromatic carbocycles. The molecule has 0 aromatic heterocycles. The second kappa shape index (κ2) is 5.08. The molecule has 18 heavy (non-hydrogen) atoms. The molecule has 3 unspecified atom stereocenters. The van der Waals surface area contributed by atoms with Crippen LogP contribution in [0.15, 0.2) is 0 Å². The van der Waals surface area contributed by atoms with Gasteiger partial charge in [0.05, 0.1) is 6.61 Å². The van der Waals surface area contributed by atoms with Gasteiger partial charge in [-0.05, 0) is 25.7 Å². The Hall–Kier alpha value is -0.160. The van der Waals surface area contributed by atoms with Crippen molar-refractivity contribution in [3.05, 3.63) is 0 Å². The fourth-order valence-electron chi connectivity index (χ4n) is 4.05. The molecule has 3 aliphatic heterocycles. The Morgan fingerprint density at radius 1 is 1.33 bits per heavy atom. The summed E-state index contributed by atoms with van der Waals surface area (Å²) in [7, 11) is 1.83. The zero-order chi connectivity index (χ0) is 12.6. The van der Waals surface area contributed by atoms with E-state index in [0.717, 1.165) is 39.0 Å². The first kappa shape index (κ1) is 12.9. The minimum atomic E-state index is -0.0602. The number of rotatable bonds is 3. The number of hydrogen-bond acceptors (Lipinski definition) is 4. The Labute approximate surface area is 110 Å². The molecule has 0 radical (unpaired) electrons. The second-order valence-electron chi connectivity index (χ2n) is 6.33. The van der Waals surface area contributed by atoms with E-state index in [9.17, 15) is 0 Å². The third kappa shape index (κ3) is 2.31. The van der Waals surface area contributed by atoms with E-state index < -0.39 is 0 Å². The standard InChI is InChI=1S/C14H26N2O2/c1-17-14(5-6-18-10-14)9-16-12-3-2-4-13(16)8-11(15)7-12/h11-13H,2-10,15H2,1H3. The van der Waals surface area contributed by atoms with Gasteiger partial charge in [0.25, 0.3) is 0 Å². The van der Waals surface area contributed by atoms with Gasteiger partial charge in [-0.2, -0.15) is 0 Å². The molecule has 2 bridgehead atoms. The first-order valence-electron chi connectivity index (χ1n) is 7.37. The summed E-state index contributed by atoms with van der Waals surface area (Å²) in [5.74, 6) is 0. The predicted molar refractivity (Wildman–Crippen MR) is 70.5 cm³/mol. The summed E-state index contributed by atoms with van der Waals surface area (Å²) in [5.41, 5.74) is 6.12. The molecular weight excluding hydrogens is 228 g/mol. The first-order valence-corrected chi connectivity index (χ1v) is 7.37. The third-order valence-corrected chi connectivity index (χ3v) is 5.13. The molecule has 3 saturated heterocycles. The SMILES string of the molecule is COC1(CN2C3CCCC2CC(N)C3)CCOC1. The molecule has 3 fully saturated rings. The van der Waals surface area contributed by atoms with Crippen molar-refractivity contribution in [2.24, 2.45) is 5.73 Å². The minimum absolute atomic E-state index is 0.0602. The number of fused-ring (bicyclic) bond motifs is 2. The van der Waals surface area contributed by atoms with Crippen LogP contribution < -0.4 is 5.73 Å². The highest BCUT2D eigenvalue weighted by Gasteiger charge is 2.43. The maximum atomic E-state index is 6.18. The summed E-state index contributed by atoms with van der Waals surface area (Å²) in [4.78, 5) is 2.69. The average Bonchev–Trinajstić information content (AvgIpc) is 2.80. The molecular formula is C14H26N2O2. The molecule has 4 nitrogen and oxygen atoms in total. The summed E-state index contributed by atoms with van der Waals surface area (Å²) < 4.78 is 11.4. The van der Waals surface area contributed by atoms with Gasteiger partial charge in [0.2, 0.25) is 0 Å². The van der Waals surface area contributed by atoms with E-state index in [1.54, 1.807) is 0 Å². The minimum Gasteiger partial charge on any atom is -0.378 e. The van der Waals surface area contributed by atoms with Crippen LogP contribution in [0.2, 0.25) is 0 Å². The average molecular weight is 254 g/mol. The van der Waals surface area contributed by atoms with Gasteiger partial charge in [0.1, 0.15) is 5.60 Å². The van der Waals surface area contributed by atoms with Crippen molar-refractivity contribution in [2.45, 2.75) is 62.3 Å². The molecule has 0 aliphatic carbocycles. The molecule has 4 heteroatoms. The fraction of sp³-hybridized carbons (Fsp3) is 1.00. The van der Waals surface area contributed by atoms with Crippen LogP contribution in [-0.2, 0) is 9.47 Å². The van der Waals surface area contributed by atoms with Crippen LogP contribution in [0.3, 0.4) is 0 Å². The van der Waals surface area contributed by atoms with Crippen molar-refractivity contribution < 1.29 is 9.47 Å².